The average molecular weight is 550 g/mol. The maximum Gasteiger partial charge on any atom is 0.264 e. The molecule has 0 radical (unpaired) electrons. The van der Waals surface area contributed by atoms with Crippen molar-refractivity contribution in [2.24, 2.45) is 0 Å². The van der Waals surface area contributed by atoms with Gasteiger partial charge in [0, 0.05) is 12.6 Å². The van der Waals surface area contributed by atoms with Gasteiger partial charge in [-0.2, -0.15) is 0 Å². The largest absolute Gasteiger partial charge is 0.352 e. The van der Waals surface area contributed by atoms with Gasteiger partial charge in [0.05, 0.1) is 10.6 Å². The quantitative estimate of drug-likeness (QED) is 0.349. The van der Waals surface area contributed by atoms with Crippen molar-refractivity contribution in [3.05, 3.63) is 95.6 Å². The summed E-state index contributed by atoms with van der Waals surface area (Å²) in [5.74, 6) is -0.687. The predicted octanol–water partition coefficient (Wildman–Crippen LogP) is 4.87. The summed E-state index contributed by atoms with van der Waals surface area (Å²) in [6, 6.07) is 22.5. The Morgan fingerprint density at radius 1 is 0.872 bits per heavy atom. The minimum Gasteiger partial charge on any atom is -0.352 e. The topological polar surface area (TPSA) is 86.8 Å². The Hall–Kier alpha value is -3.65. The summed E-state index contributed by atoms with van der Waals surface area (Å²) in [5, 5.41) is 2.92. The normalized spacial score (nSPS) is 12.2. The number of carbonyl (C=O) groups excluding carboxylic acids is 2. The Balaban J connectivity index is 2.03. The Morgan fingerprint density at radius 3 is 1.97 bits per heavy atom. The highest BCUT2D eigenvalue weighted by atomic mass is 32.2. The second-order valence-corrected chi connectivity index (χ2v) is 11.9. The summed E-state index contributed by atoms with van der Waals surface area (Å²) in [6.45, 7) is 9.22. The molecule has 3 aromatic carbocycles. The second-order valence-electron chi connectivity index (χ2n) is 10.1. The second kappa shape index (κ2) is 13.4. The minimum absolute atomic E-state index is 0.0946. The standard InChI is InChI=1S/C31H39N3O4S/c1-6-29(31(36)32-23(2)3)33(18-17-26-13-9-7-10-14-26)30(35)22-34(27-20-24(4)19-25(5)21-27)39(37,38)28-15-11-8-12-16-28/h7-16,19-21,23,29H,6,17-18,22H2,1-5H3,(H,32,36)/t29-/m0/s1. The molecule has 0 bridgehead atoms. The highest BCUT2D eigenvalue weighted by molar-refractivity contribution is 7.92. The van der Waals surface area contributed by atoms with Crippen LogP contribution >= 0.6 is 0 Å². The third kappa shape index (κ3) is 7.93. The van der Waals surface area contributed by atoms with Gasteiger partial charge in [-0.05, 0) is 81.5 Å². The summed E-state index contributed by atoms with van der Waals surface area (Å²) < 4.78 is 28.9. The monoisotopic (exact) mass is 549 g/mol. The molecule has 1 N–H and O–H groups in total. The number of hydrogen-bond donors (Lipinski definition) is 1. The zero-order chi connectivity index (χ0) is 28.6. The molecule has 0 fully saturated rings. The van der Waals surface area contributed by atoms with Gasteiger partial charge in [-0.25, -0.2) is 8.42 Å². The van der Waals surface area contributed by atoms with E-state index in [4.69, 9.17) is 0 Å². The van der Waals surface area contributed by atoms with E-state index < -0.39 is 28.5 Å². The Bertz CT molecular complexity index is 1340. The summed E-state index contributed by atoms with van der Waals surface area (Å²) in [4.78, 5) is 28.8. The van der Waals surface area contributed by atoms with Crippen LogP contribution in [0, 0.1) is 13.8 Å². The van der Waals surface area contributed by atoms with Crippen LogP contribution in [-0.2, 0) is 26.0 Å². The van der Waals surface area contributed by atoms with Crippen LogP contribution in [0.15, 0.2) is 83.8 Å². The molecule has 0 unspecified atom stereocenters. The fourth-order valence-electron chi connectivity index (χ4n) is 4.62. The van der Waals surface area contributed by atoms with Gasteiger partial charge in [-0.15, -0.1) is 0 Å². The number of nitrogens with one attached hydrogen (secondary N) is 1. The van der Waals surface area contributed by atoms with Gasteiger partial charge < -0.3 is 10.2 Å². The molecule has 39 heavy (non-hydrogen) atoms. The molecular weight excluding hydrogens is 510 g/mol. The fourth-order valence-corrected chi connectivity index (χ4v) is 6.04. The lowest BCUT2D eigenvalue weighted by atomic mass is 10.1. The van der Waals surface area contributed by atoms with E-state index in [1.807, 2.05) is 71.0 Å². The van der Waals surface area contributed by atoms with Crippen LogP contribution in [0.5, 0.6) is 0 Å². The van der Waals surface area contributed by atoms with E-state index in [-0.39, 0.29) is 23.4 Å². The molecule has 3 rings (SSSR count). The summed E-state index contributed by atoms with van der Waals surface area (Å²) in [6.07, 6.45) is 0.932. The van der Waals surface area contributed by atoms with Crippen molar-refractivity contribution in [2.45, 2.75) is 64.4 Å². The maximum atomic E-state index is 14.0. The van der Waals surface area contributed by atoms with E-state index in [0.29, 0.717) is 18.5 Å². The van der Waals surface area contributed by atoms with Crippen molar-refractivity contribution in [1.29, 1.82) is 0 Å². The van der Waals surface area contributed by atoms with Crippen molar-refractivity contribution < 1.29 is 18.0 Å². The van der Waals surface area contributed by atoms with Crippen molar-refractivity contribution in [3.63, 3.8) is 0 Å². The summed E-state index contributed by atoms with van der Waals surface area (Å²) in [7, 11) is -4.07. The number of anilines is 1. The van der Waals surface area contributed by atoms with Crippen LogP contribution in [0.2, 0.25) is 0 Å². The van der Waals surface area contributed by atoms with Crippen LogP contribution in [0.1, 0.15) is 43.9 Å². The number of carbonyl (C=O) groups is 2. The highest BCUT2D eigenvalue weighted by Gasteiger charge is 2.33. The zero-order valence-corrected chi connectivity index (χ0v) is 24.2. The van der Waals surface area contributed by atoms with Crippen LogP contribution in [0.4, 0.5) is 5.69 Å². The molecule has 208 valence electrons. The zero-order valence-electron chi connectivity index (χ0n) is 23.4. The molecule has 0 aromatic heterocycles. The van der Waals surface area contributed by atoms with Gasteiger partial charge in [0.1, 0.15) is 12.6 Å². The summed E-state index contributed by atoms with van der Waals surface area (Å²) in [5.41, 5.74) is 3.20. The number of amides is 2. The molecule has 2 amide bonds. The van der Waals surface area contributed by atoms with Crippen molar-refractivity contribution >= 4 is 27.5 Å². The van der Waals surface area contributed by atoms with Crippen LogP contribution < -0.4 is 9.62 Å². The van der Waals surface area contributed by atoms with Crippen LogP contribution in [0.3, 0.4) is 0 Å². The molecule has 0 aliphatic rings. The van der Waals surface area contributed by atoms with Gasteiger partial charge in [0.15, 0.2) is 0 Å². The molecular formula is C31H39N3O4S. The van der Waals surface area contributed by atoms with Gasteiger partial charge in [-0.3, -0.25) is 13.9 Å². The van der Waals surface area contributed by atoms with E-state index in [2.05, 4.69) is 5.32 Å². The van der Waals surface area contributed by atoms with E-state index in [1.54, 1.807) is 30.3 Å². The lowest BCUT2D eigenvalue weighted by Crippen LogP contribution is -2.54. The van der Waals surface area contributed by atoms with E-state index >= 15 is 0 Å². The number of rotatable bonds is 12. The molecule has 1 atom stereocenters. The van der Waals surface area contributed by atoms with Gasteiger partial charge in [0.25, 0.3) is 10.0 Å². The lowest BCUT2D eigenvalue weighted by Gasteiger charge is -2.33. The number of sulfonamides is 1. The molecule has 7 nitrogen and oxygen atoms in total. The minimum atomic E-state index is -4.07. The molecule has 8 heteroatoms. The molecule has 0 aliphatic heterocycles. The van der Waals surface area contributed by atoms with E-state index in [0.717, 1.165) is 21.0 Å². The lowest BCUT2D eigenvalue weighted by molar-refractivity contribution is -0.139. The Kier molecular flexibility index (Phi) is 10.3. The van der Waals surface area contributed by atoms with Crippen LogP contribution in [-0.4, -0.2) is 50.3 Å². The van der Waals surface area contributed by atoms with Crippen LogP contribution in [0.25, 0.3) is 0 Å². The molecule has 0 saturated carbocycles. The smallest absolute Gasteiger partial charge is 0.264 e. The average Bonchev–Trinajstić information content (AvgIpc) is 2.89. The fraction of sp³-hybridized carbons (Fsp3) is 0.355. The van der Waals surface area contributed by atoms with Crippen molar-refractivity contribution in [3.8, 4) is 0 Å². The first-order valence-electron chi connectivity index (χ1n) is 13.3. The summed E-state index contributed by atoms with van der Waals surface area (Å²) >= 11 is 0. The molecule has 0 aliphatic carbocycles. The number of benzene rings is 3. The van der Waals surface area contributed by atoms with E-state index in [9.17, 15) is 18.0 Å². The highest BCUT2D eigenvalue weighted by Crippen LogP contribution is 2.26. The Labute approximate surface area is 232 Å². The molecule has 0 spiro atoms. The van der Waals surface area contributed by atoms with Crippen molar-refractivity contribution in [2.75, 3.05) is 17.4 Å². The first-order chi connectivity index (χ1) is 18.5. The first-order valence-corrected chi connectivity index (χ1v) is 14.8. The van der Waals surface area contributed by atoms with Gasteiger partial charge in [0.2, 0.25) is 11.8 Å². The number of hydrogen-bond acceptors (Lipinski definition) is 4. The maximum absolute atomic E-state index is 14.0. The first kappa shape index (κ1) is 29.9. The molecule has 3 aromatic rings. The molecule has 0 saturated heterocycles. The number of aryl methyl sites for hydroxylation is 2. The molecule has 0 heterocycles. The third-order valence-electron chi connectivity index (χ3n) is 6.41. The number of nitrogens with zero attached hydrogens (tertiary/aromatic N) is 2. The SMILES string of the molecule is CC[C@@H](C(=O)NC(C)C)N(CCc1ccccc1)C(=O)CN(c1cc(C)cc(C)c1)S(=O)(=O)c1ccccc1. The van der Waals surface area contributed by atoms with Gasteiger partial charge >= 0.3 is 0 Å². The van der Waals surface area contributed by atoms with Crippen molar-refractivity contribution in [1.82, 2.24) is 10.2 Å². The van der Waals surface area contributed by atoms with E-state index in [1.165, 1.54) is 17.0 Å². The third-order valence-corrected chi connectivity index (χ3v) is 8.19. The van der Waals surface area contributed by atoms with Gasteiger partial charge in [-0.1, -0.05) is 61.5 Å². The predicted molar refractivity (Wildman–Crippen MR) is 156 cm³/mol. The Morgan fingerprint density at radius 2 is 1.44 bits per heavy atom.